The summed E-state index contributed by atoms with van der Waals surface area (Å²) in [6.07, 6.45) is 2.49. The second-order valence-electron chi connectivity index (χ2n) is 7.86. The Labute approximate surface area is 160 Å². The molecule has 0 spiro atoms. The van der Waals surface area contributed by atoms with Crippen molar-refractivity contribution in [3.8, 4) is 11.5 Å². The van der Waals surface area contributed by atoms with E-state index in [2.05, 4.69) is 5.32 Å². The molecule has 1 aromatic rings. The Hall–Kier alpha value is -2.44. The topological polar surface area (TPSA) is 77.1 Å². The summed E-state index contributed by atoms with van der Waals surface area (Å²) in [5.74, 6) is 0.836. The lowest BCUT2D eigenvalue weighted by molar-refractivity contribution is 0.00985. The van der Waals surface area contributed by atoms with E-state index in [1.54, 1.807) is 23.1 Å². The van der Waals surface area contributed by atoms with E-state index in [9.17, 15) is 9.59 Å². The first-order chi connectivity index (χ1) is 12.8. The number of fused-ring (bicyclic) bond motifs is 1. The third-order valence-corrected chi connectivity index (χ3v) is 4.56. The van der Waals surface area contributed by atoms with Crippen LogP contribution in [0.3, 0.4) is 0 Å². The molecule has 0 unspecified atom stereocenters. The zero-order valence-corrected chi connectivity index (χ0v) is 16.2. The van der Waals surface area contributed by atoms with Gasteiger partial charge in [0.1, 0.15) is 18.8 Å². The first-order valence-corrected chi connectivity index (χ1v) is 9.51. The summed E-state index contributed by atoms with van der Waals surface area (Å²) in [6.45, 7) is 7.48. The number of hydrogen-bond acceptors (Lipinski definition) is 5. The van der Waals surface area contributed by atoms with Gasteiger partial charge in [-0.15, -0.1) is 0 Å². The number of piperidine rings is 1. The quantitative estimate of drug-likeness (QED) is 0.878. The van der Waals surface area contributed by atoms with Crippen LogP contribution in [0, 0.1) is 0 Å². The summed E-state index contributed by atoms with van der Waals surface area (Å²) in [5, 5.41) is 2.94. The highest BCUT2D eigenvalue weighted by Crippen LogP contribution is 2.33. The Balaban J connectivity index is 1.64. The van der Waals surface area contributed by atoms with Gasteiger partial charge in [0.15, 0.2) is 11.5 Å². The lowest BCUT2D eigenvalue weighted by Crippen LogP contribution is -2.50. The molecule has 1 fully saturated rings. The molecular formula is C20H28N2O5. The van der Waals surface area contributed by atoms with Crippen molar-refractivity contribution < 1.29 is 23.8 Å². The van der Waals surface area contributed by atoms with Crippen LogP contribution < -0.4 is 14.8 Å². The minimum absolute atomic E-state index is 0.0748. The smallest absolute Gasteiger partial charge is 0.410 e. The fourth-order valence-electron chi connectivity index (χ4n) is 3.33. The van der Waals surface area contributed by atoms with Gasteiger partial charge in [-0.1, -0.05) is 6.07 Å². The van der Waals surface area contributed by atoms with Crippen LogP contribution in [-0.2, 0) is 4.74 Å². The number of carbonyl (C=O) groups is 2. The Bertz CT molecular complexity index is 698. The number of carbonyl (C=O) groups excluding carboxylic acids is 2. The van der Waals surface area contributed by atoms with E-state index >= 15 is 0 Å². The standard InChI is InChI=1S/C20H28N2O5/c1-20(2,3)27-19(24)22-10-5-4-7-14(22)13-21-18(23)15-8-6-9-16-17(15)26-12-11-25-16/h6,8-9,14H,4-5,7,10-13H2,1-3H3,(H,21,23)/t14-/m1/s1. The molecule has 3 rings (SSSR count). The number of hydrogen-bond donors (Lipinski definition) is 1. The highest BCUT2D eigenvalue weighted by molar-refractivity contribution is 5.97. The number of rotatable bonds is 3. The fourth-order valence-corrected chi connectivity index (χ4v) is 3.33. The molecule has 1 saturated heterocycles. The van der Waals surface area contributed by atoms with Crippen molar-refractivity contribution in [1.82, 2.24) is 10.2 Å². The van der Waals surface area contributed by atoms with Crippen LogP contribution in [0.2, 0.25) is 0 Å². The van der Waals surface area contributed by atoms with Crippen LogP contribution >= 0.6 is 0 Å². The van der Waals surface area contributed by atoms with Crippen molar-refractivity contribution in [2.75, 3.05) is 26.3 Å². The molecule has 148 valence electrons. The molecule has 0 aromatic heterocycles. The molecule has 1 atom stereocenters. The summed E-state index contributed by atoms with van der Waals surface area (Å²) in [6, 6.07) is 5.21. The summed E-state index contributed by atoms with van der Waals surface area (Å²) in [5.41, 5.74) is -0.0882. The van der Waals surface area contributed by atoms with Gasteiger partial charge in [0.25, 0.3) is 5.91 Å². The number of nitrogens with one attached hydrogen (secondary N) is 1. The van der Waals surface area contributed by atoms with Crippen molar-refractivity contribution in [3.63, 3.8) is 0 Å². The van der Waals surface area contributed by atoms with E-state index in [1.807, 2.05) is 20.8 Å². The largest absolute Gasteiger partial charge is 0.486 e. The monoisotopic (exact) mass is 376 g/mol. The normalized spacial score (nSPS) is 19.4. The summed E-state index contributed by atoms with van der Waals surface area (Å²) in [7, 11) is 0. The van der Waals surface area contributed by atoms with Gasteiger partial charge < -0.3 is 24.4 Å². The van der Waals surface area contributed by atoms with Crippen molar-refractivity contribution in [2.24, 2.45) is 0 Å². The second-order valence-corrected chi connectivity index (χ2v) is 7.86. The van der Waals surface area contributed by atoms with Crippen molar-refractivity contribution >= 4 is 12.0 Å². The SMILES string of the molecule is CC(C)(C)OC(=O)N1CCCC[C@@H]1CNC(=O)c1cccc2c1OCCO2. The van der Waals surface area contributed by atoms with Gasteiger partial charge in [0.05, 0.1) is 11.6 Å². The number of para-hydroxylation sites is 1. The zero-order valence-electron chi connectivity index (χ0n) is 16.2. The number of benzene rings is 1. The van der Waals surface area contributed by atoms with Crippen LogP contribution in [0.1, 0.15) is 50.4 Å². The molecule has 1 aromatic carbocycles. The molecule has 2 aliphatic rings. The summed E-state index contributed by atoms with van der Waals surface area (Å²) < 4.78 is 16.7. The van der Waals surface area contributed by atoms with Gasteiger partial charge in [-0.05, 0) is 52.2 Å². The van der Waals surface area contributed by atoms with Gasteiger partial charge in [-0.2, -0.15) is 0 Å². The molecule has 2 amide bonds. The van der Waals surface area contributed by atoms with Crippen LogP contribution in [0.4, 0.5) is 4.79 Å². The van der Waals surface area contributed by atoms with Gasteiger partial charge in [0, 0.05) is 13.1 Å². The Morgan fingerprint density at radius 1 is 1.22 bits per heavy atom. The minimum Gasteiger partial charge on any atom is -0.486 e. The highest BCUT2D eigenvalue weighted by Gasteiger charge is 2.31. The zero-order chi connectivity index (χ0) is 19.4. The maximum atomic E-state index is 12.7. The molecule has 7 nitrogen and oxygen atoms in total. The first kappa shape index (κ1) is 19.3. The first-order valence-electron chi connectivity index (χ1n) is 9.51. The van der Waals surface area contributed by atoms with Crippen LogP contribution in [0.15, 0.2) is 18.2 Å². The Kier molecular flexibility index (Phi) is 5.77. The van der Waals surface area contributed by atoms with Crippen molar-refractivity contribution in [3.05, 3.63) is 23.8 Å². The average Bonchev–Trinajstić information content (AvgIpc) is 2.64. The van der Waals surface area contributed by atoms with Crippen molar-refractivity contribution in [2.45, 2.75) is 51.7 Å². The lowest BCUT2D eigenvalue weighted by Gasteiger charge is -2.36. The predicted octanol–water partition coefficient (Wildman–Crippen LogP) is 2.98. The Morgan fingerprint density at radius 2 is 2.00 bits per heavy atom. The molecule has 2 aliphatic heterocycles. The second kappa shape index (κ2) is 8.06. The summed E-state index contributed by atoms with van der Waals surface area (Å²) in [4.78, 5) is 26.9. The molecule has 27 heavy (non-hydrogen) atoms. The number of nitrogens with zero attached hydrogens (tertiary/aromatic N) is 1. The van der Waals surface area contributed by atoms with E-state index < -0.39 is 5.60 Å². The molecule has 1 N–H and O–H groups in total. The molecule has 0 radical (unpaired) electrons. The average molecular weight is 376 g/mol. The highest BCUT2D eigenvalue weighted by atomic mass is 16.6. The molecule has 7 heteroatoms. The lowest BCUT2D eigenvalue weighted by atomic mass is 10.0. The van der Waals surface area contributed by atoms with E-state index in [0.717, 1.165) is 19.3 Å². The maximum absolute atomic E-state index is 12.7. The van der Waals surface area contributed by atoms with Gasteiger partial charge in [-0.3, -0.25) is 4.79 Å². The minimum atomic E-state index is -0.539. The van der Waals surface area contributed by atoms with E-state index in [0.29, 0.717) is 43.4 Å². The molecule has 0 saturated carbocycles. The van der Waals surface area contributed by atoms with E-state index in [1.165, 1.54) is 0 Å². The maximum Gasteiger partial charge on any atom is 0.410 e. The van der Waals surface area contributed by atoms with E-state index in [4.69, 9.17) is 14.2 Å². The Morgan fingerprint density at radius 3 is 2.78 bits per heavy atom. The van der Waals surface area contributed by atoms with Gasteiger partial charge in [0.2, 0.25) is 0 Å². The van der Waals surface area contributed by atoms with Crippen LogP contribution in [0.25, 0.3) is 0 Å². The number of amides is 2. The van der Waals surface area contributed by atoms with Crippen LogP contribution in [-0.4, -0.2) is 54.8 Å². The number of likely N-dealkylation sites (tertiary alicyclic amines) is 1. The third kappa shape index (κ3) is 4.84. The predicted molar refractivity (Wildman–Crippen MR) is 100 cm³/mol. The molecule has 0 aliphatic carbocycles. The van der Waals surface area contributed by atoms with Gasteiger partial charge in [-0.25, -0.2) is 4.79 Å². The molecule has 2 heterocycles. The third-order valence-electron chi connectivity index (χ3n) is 4.56. The molecular weight excluding hydrogens is 348 g/mol. The van der Waals surface area contributed by atoms with Crippen LogP contribution in [0.5, 0.6) is 11.5 Å². The number of ether oxygens (including phenoxy) is 3. The molecule has 0 bridgehead atoms. The summed E-state index contributed by atoms with van der Waals surface area (Å²) >= 11 is 0. The van der Waals surface area contributed by atoms with E-state index in [-0.39, 0.29) is 18.0 Å². The fraction of sp³-hybridized carbons (Fsp3) is 0.600. The van der Waals surface area contributed by atoms with Gasteiger partial charge >= 0.3 is 6.09 Å². The van der Waals surface area contributed by atoms with Crippen molar-refractivity contribution in [1.29, 1.82) is 0 Å².